The van der Waals surface area contributed by atoms with Crippen molar-refractivity contribution in [1.29, 1.82) is 0 Å². The topological polar surface area (TPSA) is 142 Å². The first-order chi connectivity index (χ1) is 23.4. The third kappa shape index (κ3) is 4.26. The molecule has 2 aliphatic heterocycles. The van der Waals surface area contributed by atoms with Gasteiger partial charge in [0.05, 0.1) is 34.7 Å². The number of aromatic nitrogens is 2. The van der Waals surface area contributed by atoms with Crippen LogP contribution in [-0.2, 0) is 26.2 Å². The largest absolute Gasteiger partial charge is 0.504 e. The molecule has 4 heterocycles. The van der Waals surface area contributed by atoms with Gasteiger partial charge in [0.15, 0.2) is 11.5 Å². The van der Waals surface area contributed by atoms with Crippen molar-refractivity contribution >= 4 is 62.5 Å². The number of imide groups is 2. The summed E-state index contributed by atoms with van der Waals surface area (Å²) < 4.78 is 8.27. The van der Waals surface area contributed by atoms with Gasteiger partial charge in [0, 0.05) is 34.3 Å². The molecule has 4 aromatic rings. The number of anilines is 1. The van der Waals surface area contributed by atoms with Crippen molar-refractivity contribution in [2.24, 2.45) is 36.1 Å². The molecule has 2 aliphatic carbocycles. The Morgan fingerprint density at radius 1 is 1.08 bits per heavy atom. The zero-order valence-electron chi connectivity index (χ0n) is 27.1. The smallest absolute Gasteiger partial charge is 0.257 e. The lowest BCUT2D eigenvalue weighted by atomic mass is 9.51. The van der Waals surface area contributed by atoms with Gasteiger partial charge in [-0.05, 0) is 74.7 Å². The monoisotopic (exact) mass is 700 g/mol. The van der Waals surface area contributed by atoms with Gasteiger partial charge in [0.2, 0.25) is 11.8 Å². The average Bonchev–Trinajstić information content (AvgIpc) is 3.73. The van der Waals surface area contributed by atoms with Crippen molar-refractivity contribution in [3.05, 3.63) is 70.3 Å². The number of halogens is 1. The fourth-order valence-corrected chi connectivity index (χ4v) is 10.1. The second-order valence-electron chi connectivity index (χ2n) is 13.5. The van der Waals surface area contributed by atoms with Crippen LogP contribution in [0.1, 0.15) is 43.7 Å². The summed E-state index contributed by atoms with van der Waals surface area (Å²) in [6.07, 6.45) is 2.15. The summed E-state index contributed by atoms with van der Waals surface area (Å²) in [5.41, 5.74) is 1.28. The van der Waals surface area contributed by atoms with Gasteiger partial charge in [-0.3, -0.25) is 29.1 Å². The van der Waals surface area contributed by atoms with Crippen LogP contribution in [0.3, 0.4) is 0 Å². The highest BCUT2D eigenvalue weighted by Crippen LogP contribution is 2.64. The highest BCUT2D eigenvalue weighted by molar-refractivity contribution is 7.22. The number of phenols is 1. The predicted molar refractivity (Wildman–Crippen MR) is 181 cm³/mol. The maximum Gasteiger partial charge on any atom is 0.257 e. The Morgan fingerprint density at radius 3 is 2.61 bits per heavy atom. The lowest BCUT2D eigenvalue weighted by Crippen LogP contribution is -2.48. The van der Waals surface area contributed by atoms with E-state index in [9.17, 15) is 29.5 Å². The molecule has 11 nitrogen and oxygen atoms in total. The van der Waals surface area contributed by atoms with Gasteiger partial charge in [0.1, 0.15) is 11.5 Å². The summed E-state index contributed by atoms with van der Waals surface area (Å²) in [4.78, 5) is 57.8. The molecule has 2 aromatic heterocycles. The molecule has 13 heteroatoms. The van der Waals surface area contributed by atoms with E-state index in [1.807, 2.05) is 31.2 Å². The number of rotatable bonds is 5. The number of ether oxygens (including phenoxy) is 1. The number of phenolic OH excluding ortho intramolecular Hbond substituents is 1. The molecule has 4 amide bonds. The fraction of sp³-hybridized carbons (Fsp3) is 0.361. The van der Waals surface area contributed by atoms with Gasteiger partial charge in [-0.2, -0.15) is 10.2 Å². The van der Waals surface area contributed by atoms with E-state index in [-0.39, 0.29) is 29.4 Å². The lowest BCUT2D eigenvalue weighted by Gasteiger charge is -2.49. The molecular weight excluding hydrogens is 668 g/mol. The van der Waals surface area contributed by atoms with Crippen molar-refractivity contribution in [2.75, 3.05) is 11.5 Å². The van der Waals surface area contributed by atoms with Crippen LogP contribution in [0.15, 0.2) is 54.1 Å². The number of nitrogens with zero attached hydrogens (tertiary/aromatic N) is 4. The van der Waals surface area contributed by atoms with Crippen LogP contribution in [0.2, 0.25) is 5.02 Å². The van der Waals surface area contributed by atoms with Crippen LogP contribution in [0, 0.1) is 36.0 Å². The third-order valence-electron chi connectivity index (χ3n) is 11.1. The van der Waals surface area contributed by atoms with Crippen LogP contribution in [0.5, 0.6) is 11.5 Å². The molecule has 8 rings (SSSR count). The Hall–Kier alpha value is -4.52. The number of aromatic hydroxyl groups is 1. The van der Waals surface area contributed by atoms with Gasteiger partial charge in [-0.1, -0.05) is 35.4 Å². The minimum Gasteiger partial charge on any atom is -0.504 e. The lowest BCUT2D eigenvalue weighted by molar-refractivity contribution is -0.173. The second-order valence-corrected chi connectivity index (χ2v) is 15.0. The minimum absolute atomic E-state index is 0.112. The molecule has 2 N–H and O–H groups in total. The first-order valence-corrected chi connectivity index (χ1v) is 17.4. The molecule has 6 atom stereocenters. The molecule has 1 saturated carbocycles. The van der Waals surface area contributed by atoms with E-state index in [2.05, 4.69) is 0 Å². The number of carbonyl (C=O) groups is 4. The van der Waals surface area contributed by atoms with Gasteiger partial charge < -0.3 is 9.84 Å². The quantitative estimate of drug-likeness (QED) is 0.147. The Labute approximate surface area is 290 Å². The standard InChI is InChI=1S/C36H33ClN4O7S/c1-5-48-25-8-6-7-20(30(25)42)29-18-10-11-19-28(34(45)41(47)32(19)43)22(18)14-23-33(44)40(35(46)36(23,29)3)27-15-24(38-39(27)4)31-16(2)21-13-17(37)9-12-26(21)49-31/h6-10,12-13,15,19,22-23,28-29,42,47H,5,11,14H2,1-4H3/t19-,22+,23-,28-,29+,36+/m0/s1. The molecule has 2 saturated heterocycles. The molecule has 252 valence electrons. The van der Waals surface area contributed by atoms with Crippen LogP contribution >= 0.6 is 22.9 Å². The van der Waals surface area contributed by atoms with Crippen molar-refractivity contribution in [3.63, 3.8) is 0 Å². The number of hydrogen-bond donors (Lipinski definition) is 2. The molecule has 0 bridgehead atoms. The second kappa shape index (κ2) is 11.0. The number of amides is 4. The summed E-state index contributed by atoms with van der Waals surface area (Å²) in [7, 11) is 1.68. The fourth-order valence-electron chi connectivity index (χ4n) is 8.82. The number of carbonyl (C=O) groups excluding carboxylic acids is 4. The number of thiophene rings is 1. The predicted octanol–water partition coefficient (Wildman–Crippen LogP) is 5.99. The number of para-hydroxylation sites is 1. The Balaban J connectivity index is 1.27. The van der Waals surface area contributed by atoms with Crippen LogP contribution in [-0.4, -0.2) is 55.4 Å². The number of fused-ring (bicyclic) bond motifs is 5. The van der Waals surface area contributed by atoms with Crippen LogP contribution in [0.25, 0.3) is 20.7 Å². The summed E-state index contributed by atoms with van der Waals surface area (Å²) in [5, 5.41) is 28.5. The van der Waals surface area contributed by atoms with Gasteiger partial charge >= 0.3 is 0 Å². The molecule has 0 spiro atoms. The average molecular weight is 701 g/mol. The molecule has 49 heavy (non-hydrogen) atoms. The Morgan fingerprint density at radius 2 is 1.86 bits per heavy atom. The van der Waals surface area contributed by atoms with Crippen LogP contribution < -0.4 is 9.64 Å². The summed E-state index contributed by atoms with van der Waals surface area (Å²) in [5.74, 6) is -5.98. The summed E-state index contributed by atoms with van der Waals surface area (Å²) in [6, 6.07) is 12.5. The first-order valence-electron chi connectivity index (χ1n) is 16.2. The SMILES string of the molecule is CCOc1cccc([C@H]2C3=CC[C@@H]4C(=O)N(O)C(=O)[C@@H]4[C@@H]3C[C@H]3C(=O)N(c4cc(-c5sc6ccc(Cl)cc6c5C)nn4C)C(=O)[C@@]23C)c1O. The number of benzene rings is 2. The van der Waals surface area contributed by atoms with E-state index < -0.39 is 58.6 Å². The Bertz CT molecular complexity index is 2170. The van der Waals surface area contributed by atoms with Crippen molar-refractivity contribution in [1.82, 2.24) is 14.8 Å². The molecule has 2 aromatic carbocycles. The van der Waals surface area contributed by atoms with Crippen LogP contribution in [0.4, 0.5) is 5.82 Å². The minimum atomic E-state index is -1.38. The first kappa shape index (κ1) is 31.7. The Kier molecular flexibility index (Phi) is 7.12. The summed E-state index contributed by atoms with van der Waals surface area (Å²) in [6.45, 7) is 5.82. The van der Waals surface area contributed by atoms with E-state index >= 15 is 0 Å². The zero-order chi connectivity index (χ0) is 34.7. The summed E-state index contributed by atoms with van der Waals surface area (Å²) >= 11 is 7.83. The highest BCUT2D eigenvalue weighted by atomic mass is 35.5. The normalized spacial score (nSPS) is 27.9. The van der Waals surface area contributed by atoms with Crippen molar-refractivity contribution in [2.45, 2.75) is 39.5 Å². The van der Waals surface area contributed by atoms with E-state index in [1.54, 1.807) is 56.5 Å². The number of hydrogen-bond acceptors (Lipinski definition) is 9. The molecular formula is C36H33ClN4O7S. The molecule has 3 fully saturated rings. The van der Waals surface area contributed by atoms with Crippen molar-refractivity contribution < 1.29 is 34.2 Å². The maximum absolute atomic E-state index is 14.9. The molecule has 4 aliphatic rings. The van der Waals surface area contributed by atoms with E-state index in [4.69, 9.17) is 21.4 Å². The van der Waals surface area contributed by atoms with Gasteiger partial charge in [-0.15, -0.1) is 11.3 Å². The van der Waals surface area contributed by atoms with E-state index in [0.717, 1.165) is 20.5 Å². The maximum atomic E-state index is 14.9. The van der Waals surface area contributed by atoms with E-state index in [1.165, 1.54) is 9.58 Å². The zero-order valence-corrected chi connectivity index (χ0v) is 28.7. The number of hydroxylamine groups is 2. The molecule has 0 radical (unpaired) electrons. The highest BCUT2D eigenvalue weighted by Gasteiger charge is 2.68. The molecule has 0 unspecified atom stereocenters. The van der Waals surface area contributed by atoms with Gasteiger partial charge in [0.25, 0.3) is 11.8 Å². The van der Waals surface area contributed by atoms with E-state index in [0.29, 0.717) is 34.3 Å². The van der Waals surface area contributed by atoms with Gasteiger partial charge in [-0.25, -0.2) is 4.90 Å². The number of allylic oxidation sites excluding steroid dienone is 2. The third-order valence-corrected chi connectivity index (χ3v) is 12.6. The number of aryl methyl sites for hydroxylation is 2. The van der Waals surface area contributed by atoms with Crippen molar-refractivity contribution in [3.8, 4) is 22.1 Å².